The Morgan fingerprint density at radius 3 is 2.45 bits per heavy atom. The molecule has 0 radical (unpaired) electrons. The molecule has 0 amide bonds. The number of Topliss-reactive ketones (excluding diaryl/α,β-unsaturated/α-hetero) is 1. The minimum atomic E-state index is -6.00. The molecule has 0 spiro atoms. The Hall–Kier alpha value is -1.99. The molecule has 0 saturated carbocycles. The van der Waals surface area contributed by atoms with Gasteiger partial charge in [0.05, 0.1) is 0 Å². The lowest BCUT2D eigenvalue weighted by Gasteiger charge is -2.18. The van der Waals surface area contributed by atoms with E-state index in [0.717, 1.165) is 6.20 Å². The van der Waals surface area contributed by atoms with Crippen molar-refractivity contribution in [2.45, 2.75) is 25.4 Å². The van der Waals surface area contributed by atoms with Crippen LogP contribution in [0.3, 0.4) is 0 Å². The second kappa shape index (κ2) is 4.26. The average molecular weight is 293 g/mol. The highest BCUT2D eigenvalue weighted by Crippen LogP contribution is 2.41. The molecule has 0 fully saturated rings. The number of carbonyl (C=O) groups excluding carboxylic acids is 1. The number of fused-ring (bicyclic) bond motifs is 1. The molecule has 0 atom stereocenters. The molecule has 0 bridgehead atoms. The number of rotatable bonds is 2. The van der Waals surface area contributed by atoms with Crippen LogP contribution in [0.5, 0.6) is 0 Å². The van der Waals surface area contributed by atoms with Gasteiger partial charge in [-0.15, -0.1) is 0 Å². The molecule has 1 N–H and O–H groups in total. The third-order valence-electron chi connectivity index (χ3n) is 2.95. The molecule has 0 aliphatic heterocycles. The van der Waals surface area contributed by atoms with Crippen LogP contribution in [0.25, 0.3) is 5.76 Å². The Kier molecular flexibility index (Phi) is 3.07. The van der Waals surface area contributed by atoms with E-state index >= 15 is 0 Å². The number of aryl methyl sites for hydroxylation is 1. The summed E-state index contributed by atoms with van der Waals surface area (Å²) in [5.41, 5.74) is -0.171. The van der Waals surface area contributed by atoms with Gasteiger partial charge >= 0.3 is 12.1 Å². The lowest BCUT2D eigenvalue weighted by atomic mass is 10.0. The first-order valence-corrected chi connectivity index (χ1v) is 5.43. The Morgan fingerprint density at radius 2 is 1.90 bits per heavy atom. The minimum Gasteiger partial charge on any atom is -0.507 e. The van der Waals surface area contributed by atoms with E-state index in [1.165, 1.54) is 6.07 Å². The zero-order chi connectivity index (χ0) is 15.3. The van der Waals surface area contributed by atoms with Crippen LogP contribution in [-0.4, -0.2) is 28.0 Å². The summed E-state index contributed by atoms with van der Waals surface area (Å²) in [6.07, 6.45) is -5.35. The normalized spacial score (nSPS) is 15.5. The maximum absolute atomic E-state index is 13.0. The molecular weight excluding hydrogens is 285 g/mol. The summed E-state index contributed by atoms with van der Waals surface area (Å²) in [4.78, 5) is 15.2. The first kappa shape index (κ1) is 14.4. The molecule has 1 aliphatic rings. The number of aromatic nitrogens is 1. The fraction of sp³-hybridized carbons (Fsp3) is 0.333. The van der Waals surface area contributed by atoms with Crippen LogP contribution < -0.4 is 0 Å². The molecule has 1 heterocycles. The summed E-state index contributed by atoms with van der Waals surface area (Å²) in [5, 5.41) is 9.65. The summed E-state index contributed by atoms with van der Waals surface area (Å²) < 4.78 is 62.5. The number of aliphatic hydroxyl groups is 1. The van der Waals surface area contributed by atoms with Gasteiger partial charge in [0.15, 0.2) is 0 Å². The predicted molar refractivity (Wildman–Crippen MR) is 58.2 cm³/mol. The number of nitrogens with zero attached hydrogens (tertiary/aromatic N) is 1. The molecular formula is C12H8F5NO2. The monoisotopic (exact) mass is 293 g/mol. The Labute approximate surface area is 109 Å². The maximum Gasteiger partial charge on any atom is 0.461 e. The Bertz CT molecular complexity index is 619. The number of carbonyl (C=O) groups is 1. The van der Waals surface area contributed by atoms with Crippen LogP contribution in [-0.2, 0) is 11.2 Å². The van der Waals surface area contributed by atoms with Gasteiger partial charge in [0.25, 0.3) is 0 Å². The van der Waals surface area contributed by atoms with Gasteiger partial charge in [-0.1, -0.05) is 0 Å². The molecule has 1 aromatic rings. The van der Waals surface area contributed by atoms with Crippen molar-refractivity contribution in [3.05, 3.63) is 34.7 Å². The number of hydrogen-bond donors (Lipinski definition) is 1. The van der Waals surface area contributed by atoms with Gasteiger partial charge in [-0.25, -0.2) is 0 Å². The van der Waals surface area contributed by atoms with Gasteiger partial charge < -0.3 is 5.11 Å². The summed E-state index contributed by atoms with van der Waals surface area (Å²) in [6, 6.07) is 1.41. The first-order chi connectivity index (χ1) is 9.05. The van der Waals surface area contributed by atoms with Gasteiger partial charge in [0.1, 0.15) is 5.76 Å². The molecule has 8 heteroatoms. The highest BCUT2D eigenvalue weighted by atomic mass is 19.4. The van der Waals surface area contributed by atoms with Gasteiger partial charge in [-0.05, 0) is 18.6 Å². The molecule has 108 valence electrons. The number of pyridine rings is 1. The Morgan fingerprint density at radius 1 is 1.30 bits per heavy atom. The second-order valence-electron chi connectivity index (χ2n) is 4.39. The van der Waals surface area contributed by atoms with Crippen LogP contribution in [0.2, 0.25) is 0 Å². The topological polar surface area (TPSA) is 50.2 Å². The molecule has 2 rings (SSSR count). The fourth-order valence-electron chi connectivity index (χ4n) is 1.92. The van der Waals surface area contributed by atoms with Crippen molar-refractivity contribution in [1.29, 1.82) is 0 Å². The van der Waals surface area contributed by atoms with E-state index in [0.29, 0.717) is 5.69 Å². The van der Waals surface area contributed by atoms with Crippen LogP contribution >= 0.6 is 0 Å². The molecule has 0 aromatic carbocycles. The van der Waals surface area contributed by atoms with Gasteiger partial charge in [-0.3, -0.25) is 9.78 Å². The highest BCUT2D eigenvalue weighted by Gasteiger charge is 2.64. The minimum absolute atomic E-state index is 0.00285. The van der Waals surface area contributed by atoms with Crippen LogP contribution in [0.1, 0.15) is 16.8 Å². The SMILES string of the molecule is Cc1cc2c(cn1)C(O)=C(C(=O)C(F)(F)C(F)(F)F)C2. The number of aliphatic hydroxyl groups excluding tert-OH is 1. The molecule has 0 saturated heterocycles. The second-order valence-corrected chi connectivity index (χ2v) is 4.39. The van der Waals surface area contributed by atoms with Crippen molar-refractivity contribution < 1.29 is 31.9 Å². The standard InChI is InChI=1S/C12H8F5NO2/c1-5-2-6-3-7(9(19)8(6)4-18-5)10(20)11(13,14)12(15,16)17/h2,4,19H,3H2,1H3. The predicted octanol–water partition coefficient (Wildman–Crippen LogP) is 2.98. The van der Waals surface area contributed by atoms with Crippen molar-refractivity contribution >= 4 is 11.5 Å². The lowest BCUT2D eigenvalue weighted by Crippen LogP contribution is -2.45. The van der Waals surface area contributed by atoms with Crippen molar-refractivity contribution in [3.63, 3.8) is 0 Å². The maximum atomic E-state index is 13.0. The van der Waals surface area contributed by atoms with Crippen LogP contribution in [0, 0.1) is 6.92 Å². The number of ketones is 1. The highest BCUT2D eigenvalue weighted by molar-refractivity contribution is 6.08. The number of halogens is 5. The summed E-state index contributed by atoms with van der Waals surface area (Å²) >= 11 is 0. The lowest BCUT2D eigenvalue weighted by molar-refractivity contribution is -0.266. The number of alkyl halides is 5. The van der Waals surface area contributed by atoms with Gasteiger partial charge in [-0.2, -0.15) is 22.0 Å². The van der Waals surface area contributed by atoms with Crippen LogP contribution in [0.15, 0.2) is 17.8 Å². The van der Waals surface area contributed by atoms with Crippen LogP contribution in [0.4, 0.5) is 22.0 Å². The van der Waals surface area contributed by atoms with E-state index < -0.39 is 35.6 Å². The zero-order valence-corrected chi connectivity index (χ0v) is 10.1. The molecule has 1 aromatic heterocycles. The number of allylic oxidation sites excluding steroid dienone is 1. The fourth-order valence-corrected chi connectivity index (χ4v) is 1.92. The summed E-state index contributed by atoms with van der Waals surface area (Å²) in [5.74, 6) is -8.83. The largest absolute Gasteiger partial charge is 0.507 e. The van der Waals surface area contributed by atoms with E-state index in [4.69, 9.17) is 0 Å². The molecule has 0 unspecified atom stereocenters. The summed E-state index contributed by atoms with van der Waals surface area (Å²) in [7, 11) is 0. The van der Waals surface area contributed by atoms with Crippen molar-refractivity contribution in [1.82, 2.24) is 4.98 Å². The van der Waals surface area contributed by atoms with E-state index in [1.54, 1.807) is 6.92 Å². The number of hydrogen-bond acceptors (Lipinski definition) is 3. The quantitative estimate of drug-likeness (QED) is 0.853. The van der Waals surface area contributed by atoms with E-state index in [1.807, 2.05) is 0 Å². The first-order valence-electron chi connectivity index (χ1n) is 5.43. The average Bonchev–Trinajstić information content (AvgIpc) is 2.63. The van der Waals surface area contributed by atoms with Gasteiger partial charge in [0.2, 0.25) is 5.78 Å². The third-order valence-corrected chi connectivity index (χ3v) is 2.95. The van der Waals surface area contributed by atoms with Gasteiger partial charge in [0, 0.05) is 29.4 Å². The molecule has 20 heavy (non-hydrogen) atoms. The molecule has 1 aliphatic carbocycles. The zero-order valence-electron chi connectivity index (χ0n) is 10.1. The van der Waals surface area contributed by atoms with E-state index in [-0.39, 0.29) is 11.1 Å². The third kappa shape index (κ3) is 2.04. The van der Waals surface area contributed by atoms with Crippen molar-refractivity contribution in [2.75, 3.05) is 0 Å². The van der Waals surface area contributed by atoms with E-state index in [9.17, 15) is 31.9 Å². The smallest absolute Gasteiger partial charge is 0.461 e. The van der Waals surface area contributed by atoms with E-state index in [2.05, 4.69) is 4.98 Å². The van der Waals surface area contributed by atoms with Crippen molar-refractivity contribution in [2.24, 2.45) is 0 Å². The molecule has 3 nitrogen and oxygen atoms in total. The van der Waals surface area contributed by atoms with Crippen molar-refractivity contribution in [3.8, 4) is 0 Å². The Balaban J connectivity index is 2.42. The summed E-state index contributed by atoms with van der Waals surface area (Å²) in [6.45, 7) is 1.58.